The highest BCUT2D eigenvalue weighted by atomic mass is 32.2. The minimum atomic E-state index is -0.226. The highest BCUT2D eigenvalue weighted by molar-refractivity contribution is 8.15. The number of aromatic nitrogens is 2. The lowest BCUT2D eigenvalue weighted by Gasteiger charge is -2.30. The summed E-state index contributed by atoms with van der Waals surface area (Å²) in [6.07, 6.45) is 5.73. The van der Waals surface area contributed by atoms with E-state index in [-0.39, 0.29) is 16.4 Å². The van der Waals surface area contributed by atoms with Crippen molar-refractivity contribution in [2.75, 3.05) is 18.0 Å². The fourth-order valence-electron chi connectivity index (χ4n) is 4.86. The molecule has 1 unspecified atom stereocenters. The maximum Gasteiger partial charge on any atom is 0.286 e. The highest BCUT2D eigenvalue weighted by Gasteiger charge is 2.30. The SMILES string of the molecule is Cc1ccc(-c2nc3c(nc2-c2ccc(C)cc2)N(CCCCCC2SC(=O)NC2=O)CCC3)cc1. The molecule has 6 nitrogen and oxygen atoms in total. The number of anilines is 1. The second kappa shape index (κ2) is 10.8. The second-order valence-electron chi connectivity index (χ2n) is 9.75. The molecule has 3 aromatic rings. The van der Waals surface area contributed by atoms with Gasteiger partial charge in [-0.2, -0.15) is 0 Å². The molecule has 1 aromatic heterocycles. The highest BCUT2D eigenvalue weighted by Crippen LogP contribution is 2.35. The van der Waals surface area contributed by atoms with Gasteiger partial charge in [-0.1, -0.05) is 84.3 Å². The van der Waals surface area contributed by atoms with Crippen LogP contribution in [0.15, 0.2) is 48.5 Å². The smallest absolute Gasteiger partial charge is 0.286 e. The van der Waals surface area contributed by atoms with E-state index in [0.29, 0.717) is 0 Å². The lowest BCUT2D eigenvalue weighted by atomic mass is 10.0. The van der Waals surface area contributed by atoms with Crippen molar-refractivity contribution >= 4 is 28.7 Å². The maximum absolute atomic E-state index is 11.8. The number of thioether (sulfide) groups is 1. The monoisotopic (exact) mass is 500 g/mol. The molecule has 0 bridgehead atoms. The Kier molecular flexibility index (Phi) is 7.37. The van der Waals surface area contributed by atoms with Gasteiger partial charge in [0.1, 0.15) is 0 Å². The first-order valence-electron chi connectivity index (χ1n) is 12.8. The van der Waals surface area contributed by atoms with Crippen molar-refractivity contribution in [3.8, 4) is 22.5 Å². The maximum atomic E-state index is 11.8. The number of nitrogens with one attached hydrogen (secondary N) is 1. The molecule has 2 aromatic carbocycles. The van der Waals surface area contributed by atoms with Gasteiger partial charge in [0.2, 0.25) is 5.91 Å². The third kappa shape index (κ3) is 5.46. The molecule has 3 heterocycles. The molecule has 2 aliphatic rings. The molecule has 0 aliphatic carbocycles. The summed E-state index contributed by atoms with van der Waals surface area (Å²) in [7, 11) is 0. The van der Waals surface area contributed by atoms with Crippen LogP contribution in [0.3, 0.4) is 0 Å². The first-order valence-corrected chi connectivity index (χ1v) is 13.7. The van der Waals surface area contributed by atoms with Crippen molar-refractivity contribution in [3.63, 3.8) is 0 Å². The Balaban J connectivity index is 1.35. The number of benzene rings is 2. The predicted molar refractivity (Wildman–Crippen MR) is 146 cm³/mol. The van der Waals surface area contributed by atoms with Crippen LogP contribution >= 0.6 is 11.8 Å². The van der Waals surface area contributed by atoms with Crippen molar-refractivity contribution in [1.82, 2.24) is 15.3 Å². The van der Waals surface area contributed by atoms with Crippen molar-refractivity contribution in [2.45, 2.75) is 57.6 Å². The molecule has 0 saturated carbocycles. The van der Waals surface area contributed by atoms with Crippen molar-refractivity contribution in [1.29, 1.82) is 0 Å². The Bertz CT molecular complexity index is 1260. The van der Waals surface area contributed by atoms with E-state index in [1.165, 1.54) is 11.1 Å². The van der Waals surface area contributed by atoms with Gasteiger partial charge in [0.25, 0.3) is 5.24 Å². The van der Waals surface area contributed by atoms with E-state index in [4.69, 9.17) is 9.97 Å². The van der Waals surface area contributed by atoms with Crippen LogP contribution in [0.4, 0.5) is 10.6 Å². The summed E-state index contributed by atoms with van der Waals surface area (Å²) in [4.78, 5) is 35.9. The van der Waals surface area contributed by atoms with Crippen LogP contribution in [0.1, 0.15) is 48.9 Å². The third-order valence-corrected chi connectivity index (χ3v) is 7.95. The molecule has 7 heteroatoms. The fourth-order valence-corrected chi connectivity index (χ4v) is 5.73. The Morgan fingerprint density at radius 1 is 0.889 bits per heavy atom. The summed E-state index contributed by atoms with van der Waals surface area (Å²) in [5.74, 6) is 0.863. The van der Waals surface area contributed by atoms with Crippen LogP contribution in [0, 0.1) is 13.8 Å². The summed E-state index contributed by atoms with van der Waals surface area (Å²) < 4.78 is 0. The number of fused-ring (bicyclic) bond motifs is 1. The predicted octanol–water partition coefficient (Wildman–Crippen LogP) is 6.09. The van der Waals surface area contributed by atoms with E-state index in [0.717, 1.165) is 97.4 Å². The van der Waals surface area contributed by atoms with Crippen LogP contribution in [0.25, 0.3) is 22.5 Å². The lowest BCUT2D eigenvalue weighted by molar-refractivity contribution is -0.119. The standard InChI is InChI=1S/C29H32N4O2S/c1-19-9-13-21(14-10-19)25-26(22-15-11-20(2)12-16-22)31-27-23(30-25)7-6-18-33(27)17-5-3-4-8-24-28(34)32-29(35)36-24/h9-16,24H,3-8,17-18H2,1-2H3,(H,32,34,35). The minimum Gasteiger partial charge on any atom is -0.355 e. The van der Waals surface area contributed by atoms with Crippen molar-refractivity contribution < 1.29 is 9.59 Å². The van der Waals surface area contributed by atoms with Gasteiger partial charge < -0.3 is 4.90 Å². The van der Waals surface area contributed by atoms with E-state index < -0.39 is 0 Å². The van der Waals surface area contributed by atoms with Gasteiger partial charge in [-0.3, -0.25) is 14.9 Å². The van der Waals surface area contributed by atoms with Gasteiger partial charge >= 0.3 is 0 Å². The van der Waals surface area contributed by atoms with Crippen LogP contribution in [0.2, 0.25) is 0 Å². The van der Waals surface area contributed by atoms with E-state index in [1.54, 1.807) is 0 Å². The topological polar surface area (TPSA) is 75.2 Å². The summed E-state index contributed by atoms with van der Waals surface area (Å²) in [6, 6.07) is 17.1. The van der Waals surface area contributed by atoms with Crippen LogP contribution in [-0.2, 0) is 11.2 Å². The fraction of sp³-hybridized carbons (Fsp3) is 0.379. The second-order valence-corrected chi connectivity index (χ2v) is 10.9. The molecule has 0 radical (unpaired) electrons. The molecule has 186 valence electrons. The van der Waals surface area contributed by atoms with Crippen LogP contribution < -0.4 is 10.2 Å². The molecule has 0 spiro atoms. The molecule has 2 amide bonds. The van der Waals surface area contributed by atoms with Gasteiger partial charge in [-0.05, 0) is 39.5 Å². The Morgan fingerprint density at radius 3 is 2.14 bits per heavy atom. The minimum absolute atomic E-state index is 0.141. The summed E-state index contributed by atoms with van der Waals surface area (Å²) in [6.45, 7) is 6.10. The van der Waals surface area contributed by atoms with Gasteiger partial charge in [-0.25, -0.2) is 9.97 Å². The number of amides is 2. The number of hydrogen-bond donors (Lipinski definition) is 1. The zero-order chi connectivity index (χ0) is 25.1. The van der Waals surface area contributed by atoms with Crippen LogP contribution in [-0.4, -0.2) is 39.5 Å². The molecule has 1 N–H and O–H groups in total. The van der Waals surface area contributed by atoms with Gasteiger partial charge in [-0.15, -0.1) is 0 Å². The number of carbonyl (C=O) groups is 2. The van der Waals surface area contributed by atoms with Gasteiger partial charge in [0, 0.05) is 24.2 Å². The zero-order valence-electron chi connectivity index (χ0n) is 20.9. The van der Waals surface area contributed by atoms with Crippen molar-refractivity contribution in [3.05, 3.63) is 65.4 Å². The summed E-state index contributed by atoms with van der Waals surface area (Å²) in [5.41, 5.74) is 7.58. The lowest BCUT2D eigenvalue weighted by Crippen LogP contribution is -2.32. The molecule has 2 aliphatic heterocycles. The van der Waals surface area contributed by atoms with E-state index >= 15 is 0 Å². The first kappa shape index (κ1) is 24.5. The van der Waals surface area contributed by atoms with E-state index in [2.05, 4.69) is 72.6 Å². The number of hydrogen-bond acceptors (Lipinski definition) is 6. The third-order valence-electron chi connectivity index (χ3n) is 6.90. The average molecular weight is 501 g/mol. The Hall–Kier alpha value is -3.19. The molecule has 5 rings (SSSR count). The van der Waals surface area contributed by atoms with E-state index in [1.807, 2.05) is 0 Å². The largest absolute Gasteiger partial charge is 0.355 e. The number of unbranched alkanes of at least 4 members (excludes halogenated alkanes) is 2. The number of nitrogens with zero attached hydrogens (tertiary/aromatic N) is 3. The molecule has 1 saturated heterocycles. The number of aryl methyl sites for hydroxylation is 3. The molecular weight excluding hydrogens is 468 g/mol. The van der Waals surface area contributed by atoms with Gasteiger partial charge in [0.05, 0.1) is 22.3 Å². The number of rotatable bonds is 8. The van der Waals surface area contributed by atoms with Crippen molar-refractivity contribution in [2.24, 2.45) is 0 Å². The normalized spacial score (nSPS) is 17.3. The Labute approximate surface area is 216 Å². The molecular formula is C29H32N4O2S. The van der Waals surface area contributed by atoms with E-state index in [9.17, 15) is 9.59 Å². The number of carbonyl (C=O) groups excluding carboxylic acids is 2. The number of imide groups is 1. The molecule has 1 atom stereocenters. The first-order chi connectivity index (χ1) is 17.5. The van der Waals surface area contributed by atoms with Crippen LogP contribution in [0.5, 0.6) is 0 Å². The summed E-state index contributed by atoms with van der Waals surface area (Å²) in [5, 5.41) is 1.93. The quantitative estimate of drug-likeness (QED) is 0.377. The van der Waals surface area contributed by atoms with Gasteiger partial charge in [0.15, 0.2) is 5.82 Å². The summed E-state index contributed by atoms with van der Waals surface area (Å²) >= 11 is 1.12. The zero-order valence-corrected chi connectivity index (χ0v) is 21.7. The Morgan fingerprint density at radius 2 is 1.53 bits per heavy atom. The average Bonchev–Trinajstić information content (AvgIpc) is 3.20. The molecule has 36 heavy (non-hydrogen) atoms. The molecule has 1 fully saturated rings.